The van der Waals surface area contributed by atoms with E-state index in [-0.39, 0.29) is 62.8 Å². The summed E-state index contributed by atoms with van der Waals surface area (Å²) in [6.07, 6.45) is 3.56. The van der Waals surface area contributed by atoms with Crippen molar-refractivity contribution in [1.29, 1.82) is 0 Å². The van der Waals surface area contributed by atoms with E-state index in [1.165, 1.54) is 9.80 Å². The molecule has 4 aromatic carbocycles. The van der Waals surface area contributed by atoms with E-state index in [0.717, 1.165) is 22.3 Å². The van der Waals surface area contributed by atoms with Gasteiger partial charge in [0, 0.05) is 34.7 Å². The Morgan fingerprint density at radius 2 is 1.09 bits per heavy atom. The molecule has 3 amide bonds. The van der Waals surface area contributed by atoms with Gasteiger partial charge in [-0.25, -0.2) is 19.2 Å². The van der Waals surface area contributed by atoms with Crippen molar-refractivity contribution < 1.29 is 62.3 Å². The first-order valence-corrected chi connectivity index (χ1v) is 26.0. The fourth-order valence-corrected chi connectivity index (χ4v) is 9.08. The number of carboxylic acid groups (broad SMARTS) is 1. The zero-order valence-electron chi connectivity index (χ0n) is 45.1. The molecule has 78 heavy (non-hydrogen) atoms. The summed E-state index contributed by atoms with van der Waals surface area (Å²) in [7, 11) is 0. The third kappa shape index (κ3) is 15.9. The maximum absolute atomic E-state index is 13.7. The molecule has 2 heterocycles. The van der Waals surface area contributed by atoms with Crippen molar-refractivity contribution in [2.24, 2.45) is 17.6 Å². The molecule has 420 valence electrons. The highest BCUT2D eigenvalue weighted by atomic mass is 35.5. The maximum Gasteiger partial charge on any atom is 0.411 e. The standard InChI is InChI=1S/C29H33ClN2O6.C21H22ClNO5.C8H13NO2.ClH/c1-6-20-16-29(20,26(34)36-7-2)31-25(33)24-14-19-13-23(37-22-10-8-9-21(30)15-22)12-11-18(19)17-32(24)27(35)38-28(3,4)5;1-21(2,3)28-20(26)23-12-13-7-8-17(9-14(13)10-18(23)19(24)25)27-16-6-4-5-15(22)11-16;1-3-6-5-8(6,9)7(10)11-4-2;/h6,8-13,15,20,24H,1,7,14,16-17H2,2-5H3,(H,31,33);4-9,11,18H,10,12H2,1-3H3,(H,24,25);3,6H,1,4-5,9H2,2H3;1H/t20?,24?,29-;;6?,8-;/m1.1./s1. The van der Waals surface area contributed by atoms with Crippen LogP contribution >= 0.6 is 35.6 Å². The van der Waals surface area contributed by atoms with Gasteiger partial charge < -0.3 is 44.6 Å². The molecule has 4 aliphatic rings. The first-order chi connectivity index (χ1) is 36.2. The third-order valence-electron chi connectivity index (χ3n) is 12.8. The fourth-order valence-electron chi connectivity index (χ4n) is 8.72. The number of esters is 2. The molecule has 0 bridgehead atoms. The normalized spacial score (nSPS) is 21.5. The average Bonchev–Trinajstić information content (AvgIpc) is 4.44. The van der Waals surface area contributed by atoms with Crippen LogP contribution in [0.3, 0.4) is 0 Å². The number of nitrogens with two attached hydrogens (primary N) is 1. The number of aliphatic carboxylic acids is 1. The number of halogens is 3. The minimum absolute atomic E-state index is 0. The van der Waals surface area contributed by atoms with E-state index in [1.807, 2.05) is 24.3 Å². The Bertz CT molecular complexity index is 2890. The van der Waals surface area contributed by atoms with Crippen molar-refractivity contribution in [3.63, 3.8) is 0 Å². The summed E-state index contributed by atoms with van der Waals surface area (Å²) in [5.41, 5.74) is 5.72. The number of amides is 3. The summed E-state index contributed by atoms with van der Waals surface area (Å²) in [6.45, 7) is 22.3. The number of ether oxygens (including phenoxy) is 6. The number of hydrogen-bond acceptors (Lipinski definition) is 13. The first-order valence-electron chi connectivity index (χ1n) is 25.3. The molecule has 0 radical (unpaired) electrons. The van der Waals surface area contributed by atoms with Crippen molar-refractivity contribution in [3.8, 4) is 23.0 Å². The molecule has 8 rings (SSSR count). The first kappa shape index (κ1) is 62.1. The smallest absolute Gasteiger partial charge is 0.411 e. The Kier molecular flexibility index (Phi) is 20.5. The lowest BCUT2D eigenvalue weighted by molar-refractivity contribution is -0.150. The molecular formula is C58H69Cl3N4O13. The quantitative estimate of drug-likeness (QED) is 0.0644. The predicted molar refractivity (Wildman–Crippen MR) is 297 cm³/mol. The number of carbonyl (C=O) groups excluding carboxylic acids is 5. The van der Waals surface area contributed by atoms with Crippen molar-refractivity contribution in [1.82, 2.24) is 15.1 Å². The molecule has 2 fully saturated rings. The lowest BCUT2D eigenvalue weighted by atomic mass is 9.93. The van der Waals surface area contributed by atoms with Gasteiger partial charge >= 0.3 is 30.1 Å². The van der Waals surface area contributed by atoms with Crippen molar-refractivity contribution in [2.75, 3.05) is 13.2 Å². The van der Waals surface area contributed by atoms with Crippen molar-refractivity contribution in [3.05, 3.63) is 143 Å². The topological polar surface area (TPSA) is 223 Å². The van der Waals surface area contributed by atoms with E-state index >= 15 is 0 Å². The van der Waals surface area contributed by atoms with Gasteiger partial charge in [0.25, 0.3) is 0 Å². The second-order valence-corrected chi connectivity index (χ2v) is 21.9. The van der Waals surface area contributed by atoms with Gasteiger partial charge in [-0.05, 0) is 151 Å². The summed E-state index contributed by atoms with van der Waals surface area (Å²) < 4.78 is 32.8. The SMILES string of the molecule is C=CC1C[C@]1(N)C(=O)OCC.C=CC1C[C@]1(NC(=O)C1Cc2cc(Oc3cccc(Cl)c3)ccc2CN1C(=O)OC(C)(C)C)C(=O)OCC.CC(C)(C)OC(=O)N1Cc2ccc(Oc3cccc(Cl)c3)cc2CC1C(=O)O.Cl. The molecule has 20 heteroatoms. The number of benzene rings is 4. The van der Waals surface area contributed by atoms with Crippen LogP contribution in [0.1, 0.15) is 90.5 Å². The zero-order chi connectivity index (χ0) is 56.6. The Balaban J connectivity index is 0.000000245. The highest BCUT2D eigenvalue weighted by Gasteiger charge is 2.62. The summed E-state index contributed by atoms with van der Waals surface area (Å²) >= 11 is 12.1. The van der Waals surface area contributed by atoms with Gasteiger partial charge in [-0.2, -0.15) is 0 Å². The summed E-state index contributed by atoms with van der Waals surface area (Å²) in [5, 5.41) is 13.6. The van der Waals surface area contributed by atoms with E-state index in [4.69, 9.17) is 57.4 Å². The van der Waals surface area contributed by atoms with Gasteiger partial charge in [0.15, 0.2) is 0 Å². The summed E-state index contributed by atoms with van der Waals surface area (Å²) in [4.78, 5) is 77.6. The van der Waals surface area contributed by atoms with Crippen LogP contribution in [0.2, 0.25) is 10.0 Å². The number of hydrogen-bond donors (Lipinski definition) is 3. The molecule has 0 spiro atoms. The molecular weight excluding hydrogens is 1070 g/mol. The number of nitrogens with one attached hydrogen (secondary N) is 1. The molecule has 17 nitrogen and oxygen atoms in total. The Morgan fingerprint density at radius 3 is 1.49 bits per heavy atom. The van der Waals surface area contributed by atoms with Gasteiger partial charge in [-0.1, -0.05) is 59.6 Å². The van der Waals surface area contributed by atoms with E-state index in [0.29, 0.717) is 52.5 Å². The predicted octanol–water partition coefficient (Wildman–Crippen LogP) is 11.2. The number of rotatable bonds is 13. The molecule has 4 N–H and O–H groups in total. The van der Waals surface area contributed by atoms with Crippen LogP contribution in [0.25, 0.3) is 0 Å². The molecule has 0 aromatic heterocycles. The monoisotopic (exact) mass is 1130 g/mol. The molecule has 4 unspecified atom stereocenters. The molecule has 0 saturated heterocycles. The van der Waals surface area contributed by atoms with E-state index < -0.39 is 64.4 Å². The van der Waals surface area contributed by atoms with Crippen LogP contribution in [0.5, 0.6) is 23.0 Å². The highest BCUT2D eigenvalue weighted by molar-refractivity contribution is 6.31. The third-order valence-corrected chi connectivity index (χ3v) is 13.3. The zero-order valence-corrected chi connectivity index (χ0v) is 47.4. The summed E-state index contributed by atoms with van der Waals surface area (Å²) in [5.74, 6) is -0.135. The van der Waals surface area contributed by atoms with Crippen molar-refractivity contribution >= 4 is 71.6 Å². The van der Waals surface area contributed by atoms with Gasteiger partial charge in [0.2, 0.25) is 5.91 Å². The number of fused-ring (bicyclic) bond motifs is 2. The van der Waals surface area contributed by atoms with Gasteiger partial charge in [-0.3, -0.25) is 19.4 Å². The minimum Gasteiger partial charge on any atom is -0.480 e. The van der Waals surface area contributed by atoms with E-state index in [1.54, 1.807) is 128 Å². The van der Waals surface area contributed by atoms with Gasteiger partial charge in [-0.15, -0.1) is 25.6 Å². The van der Waals surface area contributed by atoms with Crippen LogP contribution in [0.4, 0.5) is 9.59 Å². The number of nitrogens with zero attached hydrogens (tertiary/aromatic N) is 2. The number of carboxylic acids is 1. The second-order valence-electron chi connectivity index (χ2n) is 21.0. The van der Waals surface area contributed by atoms with E-state index in [9.17, 15) is 33.9 Å². The lowest BCUT2D eigenvalue weighted by Gasteiger charge is -2.37. The Morgan fingerprint density at radius 1 is 0.654 bits per heavy atom. The van der Waals surface area contributed by atoms with Crippen LogP contribution in [0.15, 0.2) is 110 Å². The fraction of sp³-hybridized carbons (Fsp3) is 0.414. The minimum atomic E-state index is -1.17. The van der Waals surface area contributed by atoms with E-state index in [2.05, 4.69) is 18.5 Å². The highest BCUT2D eigenvalue weighted by Crippen LogP contribution is 2.46. The lowest BCUT2D eigenvalue weighted by Crippen LogP contribution is -2.57. The van der Waals surface area contributed by atoms with Crippen LogP contribution < -0.4 is 20.5 Å². The maximum atomic E-state index is 13.7. The number of carbonyl (C=O) groups is 6. The van der Waals surface area contributed by atoms with Gasteiger partial charge in [0.1, 0.15) is 57.4 Å². The largest absolute Gasteiger partial charge is 0.480 e. The molecule has 2 aliphatic heterocycles. The molecule has 6 atom stereocenters. The second kappa shape index (κ2) is 25.8. The molecule has 2 saturated carbocycles. The summed E-state index contributed by atoms with van der Waals surface area (Å²) in [6, 6.07) is 23.1. The average molecular weight is 1140 g/mol. The van der Waals surface area contributed by atoms with Crippen LogP contribution in [-0.2, 0) is 64.1 Å². The van der Waals surface area contributed by atoms with Gasteiger partial charge in [0.05, 0.1) is 26.3 Å². The molecule has 4 aromatic rings. The Hall–Kier alpha value is -6.79. The Labute approximate surface area is 471 Å². The van der Waals surface area contributed by atoms with Crippen molar-refractivity contribution in [2.45, 2.75) is 129 Å². The van der Waals surface area contributed by atoms with Crippen LogP contribution in [-0.4, -0.2) is 98.5 Å². The molecule has 2 aliphatic carbocycles. The van der Waals surface area contributed by atoms with Crippen LogP contribution in [0, 0.1) is 11.8 Å².